The highest BCUT2D eigenvalue weighted by molar-refractivity contribution is 8.00. The van der Waals surface area contributed by atoms with E-state index in [0.29, 0.717) is 12.5 Å². The van der Waals surface area contributed by atoms with Gasteiger partial charge in [-0.1, -0.05) is 34.6 Å². The van der Waals surface area contributed by atoms with Gasteiger partial charge in [0.05, 0.1) is 5.25 Å². The van der Waals surface area contributed by atoms with Gasteiger partial charge >= 0.3 is 0 Å². The van der Waals surface area contributed by atoms with Gasteiger partial charge in [-0.3, -0.25) is 19.3 Å². The van der Waals surface area contributed by atoms with Gasteiger partial charge in [0.15, 0.2) is 0 Å². The molecule has 22 heavy (non-hydrogen) atoms. The Bertz CT molecular complexity index is 430. The number of rotatable bonds is 7. The van der Waals surface area contributed by atoms with Crippen molar-refractivity contribution in [3.05, 3.63) is 0 Å². The Morgan fingerprint density at radius 3 is 2.55 bits per heavy atom. The van der Waals surface area contributed by atoms with Crippen LogP contribution in [0.2, 0.25) is 0 Å². The van der Waals surface area contributed by atoms with E-state index in [1.54, 1.807) is 11.8 Å². The summed E-state index contributed by atoms with van der Waals surface area (Å²) in [5.41, 5.74) is 0.123. The van der Waals surface area contributed by atoms with Gasteiger partial charge in [-0.15, -0.1) is 11.8 Å². The van der Waals surface area contributed by atoms with Crippen LogP contribution in [-0.2, 0) is 14.4 Å². The third-order valence-corrected chi connectivity index (χ3v) is 4.99. The Hall–Kier alpha value is -1.04. The Labute approximate surface area is 137 Å². The molecule has 0 aliphatic carbocycles. The van der Waals surface area contributed by atoms with E-state index < -0.39 is 0 Å². The van der Waals surface area contributed by atoms with Gasteiger partial charge in [0, 0.05) is 25.9 Å². The molecule has 1 N–H and O–H groups in total. The van der Waals surface area contributed by atoms with Crippen LogP contribution in [0.5, 0.6) is 0 Å². The topological polar surface area (TPSA) is 66.5 Å². The minimum absolute atomic E-state index is 0.111. The molecule has 1 unspecified atom stereocenters. The fourth-order valence-electron chi connectivity index (χ4n) is 1.99. The van der Waals surface area contributed by atoms with Gasteiger partial charge in [-0.2, -0.15) is 0 Å². The molecular formula is C16H28N2O3S. The predicted octanol–water partition coefficient (Wildman–Crippen LogP) is 2.06. The van der Waals surface area contributed by atoms with E-state index in [-0.39, 0.29) is 47.8 Å². The van der Waals surface area contributed by atoms with E-state index in [4.69, 9.17) is 0 Å². The van der Waals surface area contributed by atoms with Gasteiger partial charge in [0.1, 0.15) is 0 Å². The SMILES string of the molecule is CC(C)CNC(=O)CCN1C(=O)CC(SCC(C)(C)C)C1=O. The highest BCUT2D eigenvalue weighted by Crippen LogP contribution is 2.30. The second kappa shape index (κ2) is 7.99. The van der Waals surface area contributed by atoms with E-state index >= 15 is 0 Å². The molecule has 0 aromatic carbocycles. The average molecular weight is 328 g/mol. The molecule has 1 saturated heterocycles. The van der Waals surface area contributed by atoms with E-state index in [1.165, 1.54) is 4.90 Å². The van der Waals surface area contributed by atoms with Crippen LogP contribution in [0.3, 0.4) is 0 Å². The first-order valence-electron chi connectivity index (χ1n) is 7.82. The number of thioether (sulfide) groups is 1. The molecule has 5 nitrogen and oxygen atoms in total. The number of imide groups is 1. The molecule has 6 heteroatoms. The van der Waals surface area contributed by atoms with E-state index in [0.717, 1.165) is 5.75 Å². The molecule has 0 spiro atoms. The lowest BCUT2D eigenvalue weighted by atomic mass is 10.0. The van der Waals surface area contributed by atoms with E-state index in [9.17, 15) is 14.4 Å². The zero-order chi connectivity index (χ0) is 16.9. The Kier molecular flexibility index (Phi) is 6.91. The van der Waals surface area contributed by atoms with Gasteiger partial charge < -0.3 is 5.32 Å². The Morgan fingerprint density at radius 1 is 1.36 bits per heavy atom. The molecule has 1 rings (SSSR count). The molecular weight excluding hydrogens is 300 g/mol. The van der Waals surface area contributed by atoms with Crippen LogP contribution in [0.1, 0.15) is 47.5 Å². The fourth-order valence-corrected chi connectivity index (χ4v) is 3.22. The molecule has 1 aliphatic heterocycles. The van der Waals surface area contributed by atoms with Gasteiger partial charge in [0.25, 0.3) is 0 Å². The van der Waals surface area contributed by atoms with Crippen LogP contribution in [-0.4, -0.2) is 46.7 Å². The largest absolute Gasteiger partial charge is 0.356 e. The summed E-state index contributed by atoms with van der Waals surface area (Å²) >= 11 is 1.54. The van der Waals surface area contributed by atoms with Crippen molar-refractivity contribution in [1.29, 1.82) is 0 Å². The van der Waals surface area contributed by atoms with Crippen molar-refractivity contribution in [2.45, 2.75) is 52.7 Å². The molecule has 1 aliphatic rings. The summed E-state index contributed by atoms with van der Waals surface area (Å²) in [5, 5.41) is 2.51. The van der Waals surface area contributed by atoms with Crippen LogP contribution < -0.4 is 5.32 Å². The number of hydrogen-bond donors (Lipinski definition) is 1. The van der Waals surface area contributed by atoms with Gasteiger partial charge in [0.2, 0.25) is 17.7 Å². The molecule has 1 atom stereocenters. The van der Waals surface area contributed by atoms with E-state index in [1.807, 2.05) is 13.8 Å². The van der Waals surface area contributed by atoms with Crippen LogP contribution in [0.25, 0.3) is 0 Å². The lowest BCUT2D eigenvalue weighted by molar-refractivity contribution is -0.138. The average Bonchev–Trinajstić information content (AvgIpc) is 2.66. The fraction of sp³-hybridized carbons (Fsp3) is 0.812. The lowest BCUT2D eigenvalue weighted by Crippen LogP contribution is -2.36. The van der Waals surface area contributed by atoms with Gasteiger partial charge in [-0.25, -0.2) is 0 Å². The molecule has 1 heterocycles. The van der Waals surface area contributed by atoms with Crippen molar-refractivity contribution in [3.63, 3.8) is 0 Å². The summed E-state index contributed by atoms with van der Waals surface area (Å²) in [6, 6.07) is 0. The second-order valence-electron chi connectivity index (χ2n) is 7.40. The van der Waals surface area contributed by atoms with Crippen molar-refractivity contribution in [2.24, 2.45) is 11.3 Å². The summed E-state index contributed by atoms with van der Waals surface area (Å²) in [7, 11) is 0. The third-order valence-electron chi connectivity index (χ3n) is 3.19. The quantitative estimate of drug-likeness (QED) is 0.727. The minimum atomic E-state index is -0.287. The Balaban J connectivity index is 2.43. The third kappa shape index (κ3) is 6.38. The molecule has 0 radical (unpaired) electrons. The molecule has 126 valence electrons. The van der Waals surface area contributed by atoms with E-state index in [2.05, 4.69) is 26.1 Å². The highest BCUT2D eigenvalue weighted by atomic mass is 32.2. The summed E-state index contributed by atoms with van der Waals surface area (Å²) in [4.78, 5) is 37.2. The number of hydrogen-bond acceptors (Lipinski definition) is 4. The van der Waals surface area contributed by atoms with Crippen molar-refractivity contribution in [2.75, 3.05) is 18.8 Å². The van der Waals surface area contributed by atoms with Crippen LogP contribution >= 0.6 is 11.8 Å². The first-order chi connectivity index (χ1) is 10.1. The number of nitrogens with one attached hydrogen (secondary N) is 1. The molecule has 0 saturated carbocycles. The Morgan fingerprint density at radius 2 is 2.00 bits per heavy atom. The van der Waals surface area contributed by atoms with Crippen molar-refractivity contribution in [1.82, 2.24) is 10.2 Å². The summed E-state index contributed by atoms with van der Waals surface area (Å²) in [5.74, 6) is 0.806. The summed E-state index contributed by atoms with van der Waals surface area (Å²) in [6.45, 7) is 11.2. The number of amides is 3. The zero-order valence-corrected chi connectivity index (χ0v) is 15.1. The highest BCUT2D eigenvalue weighted by Gasteiger charge is 2.39. The maximum absolute atomic E-state index is 12.3. The maximum Gasteiger partial charge on any atom is 0.242 e. The lowest BCUT2D eigenvalue weighted by Gasteiger charge is -2.19. The first kappa shape index (κ1) is 19.0. The molecule has 0 aromatic heterocycles. The van der Waals surface area contributed by atoms with Crippen molar-refractivity contribution in [3.8, 4) is 0 Å². The number of carbonyl (C=O) groups excluding carboxylic acids is 3. The van der Waals surface area contributed by atoms with Crippen LogP contribution in [0.4, 0.5) is 0 Å². The normalized spacial score (nSPS) is 19.2. The molecule has 0 aromatic rings. The smallest absolute Gasteiger partial charge is 0.242 e. The predicted molar refractivity (Wildman–Crippen MR) is 89.5 cm³/mol. The summed E-state index contributed by atoms with van der Waals surface area (Å²) in [6.07, 6.45) is 0.439. The number of carbonyl (C=O) groups is 3. The molecule has 3 amide bonds. The number of likely N-dealkylation sites (tertiary alicyclic amines) is 1. The maximum atomic E-state index is 12.3. The molecule has 0 bridgehead atoms. The molecule has 1 fully saturated rings. The van der Waals surface area contributed by atoms with Crippen molar-refractivity contribution >= 4 is 29.5 Å². The second-order valence-corrected chi connectivity index (χ2v) is 8.59. The van der Waals surface area contributed by atoms with Crippen LogP contribution in [0, 0.1) is 11.3 Å². The monoisotopic (exact) mass is 328 g/mol. The zero-order valence-electron chi connectivity index (χ0n) is 14.3. The number of nitrogens with zero attached hydrogens (tertiary/aromatic N) is 1. The first-order valence-corrected chi connectivity index (χ1v) is 8.87. The van der Waals surface area contributed by atoms with Crippen molar-refractivity contribution < 1.29 is 14.4 Å². The van der Waals surface area contributed by atoms with Crippen LogP contribution in [0.15, 0.2) is 0 Å². The van der Waals surface area contributed by atoms with Gasteiger partial charge in [-0.05, 0) is 17.1 Å². The minimum Gasteiger partial charge on any atom is -0.356 e. The summed E-state index contributed by atoms with van der Waals surface area (Å²) < 4.78 is 0. The standard InChI is InChI=1S/C16H28N2O3S/c1-11(2)9-17-13(19)6-7-18-14(20)8-12(15(18)21)22-10-16(3,4)5/h11-12H,6-10H2,1-5H3,(H,17,19).